The van der Waals surface area contributed by atoms with Gasteiger partial charge in [-0.15, -0.1) is 0 Å². The lowest BCUT2D eigenvalue weighted by Crippen LogP contribution is -2.24. The summed E-state index contributed by atoms with van der Waals surface area (Å²) in [5.41, 5.74) is 9.13. The lowest BCUT2D eigenvalue weighted by atomic mass is 9.77. The first-order valence-corrected chi connectivity index (χ1v) is 8.26. The Balaban J connectivity index is 2.23. The molecule has 2 aromatic rings. The standard InChI is InChI=1S/C19H22N4O2/c1-5-24-18-22-15-14(12(10-20)16(21)25-17(15)23-18)11-8-6-7-9-13(11)19(2,3)4/h6-9,14H,5,21H2,1-4H3,(H,22,23)/t14-/m0/s1. The van der Waals surface area contributed by atoms with Gasteiger partial charge in [-0.3, -0.25) is 0 Å². The number of hydrogen-bond donors (Lipinski definition) is 2. The van der Waals surface area contributed by atoms with Crippen LogP contribution in [0.4, 0.5) is 0 Å². The van der Waals surface area contributed by atoms with E-state index in [4.69, 9.17) is 15.2 Å². The molecule has 0 saturated carbocycles. The van der Waals surface area contributed by atoms with Crippen LogP contribution in [0, 0.1) is 11.3 Å². The second-order valence-electron chi connectivity index (χ2n) is 6.96. The van der Waals surface area contributed by atoms with Crippen molar-refractivity contribution in [2.24, 2.45) is 5.73 Å². The number of hydrogen-bond acceptors (Lipinski definition) is 5. The van der Waals surface area contributed by atoms with E-state index in [1.165, 1.54) is 0 Å². The summed E-state index contributed by atoms with van der Waals surface area (Å²) >= 11 is 0. The lowest BCUT2D eigenvalue weighted by Gasteiger charge is -2.29. The molecule has 1 aliphatic rings. The van der Waals surface area contributed by atoms with Crippen molar-refractivity contribution in [3.8, 4) is 18.0 Å². The van der Waals surface area contributed by atoms with E-state index in [-0.39, 0.29) is 17.2 Å². The van der Waals surface area contributed by atoms with Crippen LogP contribution in [0.25, 0.3) is 0 Å². The van der Waals surface area contributed by atoms with Crippen LogP contribution in [0.5, 0.6) is 11.9 Å². The van der Waals surface area contributed by atoms with Crippen LogP contribution in [0.3, 0.4) is 0 Å². The highest BCUT2D eigenvalue weighted by Crippen LogP contribution is 2.44. The number of benzene rings is 1. The van der Waals surface area contributed by atoms with Crippen LogP contribution in [0.2, 0.25) is 0 Å². The average Bonchev–Trinajstić information content (AvgIpc) is 2.95. The van der Waals surface area contributed by atoms with Crippen molar-refractivity contribution >= 4 is 0 Å². The number of rotatable bonds is 3. The van der Waals surface area contributed by atoms with Crippen molar-refractivity contribution in [3.05, 3.63) is 52.5 Å². The molecule has 1 atom stereocenters. The number of allylic oxidation sites excluding steroid dienone is 1. The summed E-state index contributed by atoms with van der Waals surface area (Å²) in [6.07, 6.45) is 0. The fraction of sp³-hybridized carbons (Fsp3) is 0.368. The van der Waals surface area contributed by atoms with E-state index < -0.39 is 0 Å². The molecule has 1 aliphatic heterocycles. The number of nitriles is 1. The number of ether oxygens (including phenoxy) is 2. The molecule has 130 valence electrons. The molecule has 6 heteroatoms. The van der Waals surface area contributed by atoms with Gasteiger partial charge in [0.2, 0.25) is 11.8 Å². The molecule has 0 radical (unpaired) electrons. The van der Waals surface area contributed by atoms with E-state index in [0.29, 0.717) is 29.8 Å². The van der Waals surface area contributed by atoms with E-state index in [1.807, 2.05) is 25.1 Å². The average molecular weight is 338 g/mol. The summed E-state index contributed by atoms with van der Waals surface area (Å²) in [4.78, 5) is 7.45. The van der Waals surface area contributed by atoms with Crippen LogP contribution in [-0.2, 0) is 5.41 Å². The van der Waals surface area contributed by atoms with Crippen molar-refractivity contribution in [3.63, 3.8) is 0 Å². The molecule has 0 bridgehead atoms. The van der Waals surface area contributed by atoms with Gasteiger partial charge in [0.1, 0.15) is 11.6 Å². The molecule has 3 rings (SSSR count). The lowest BCUT2D eigenvalue weighted by molar-refractivity contribution is 0.312. The van der Waals surface area contributed by atoms with Gasteiger partial charge in [-0.2, -0.15) is 10.2 Å². The quantitative estimate of drug-likeness (QED) is 0.895. The predicted octanol–water partition coefficient (Wildman–Crippen LogP) is 3.32. The van der Waals surface area contributed by atoms with Gasteiger partial charge in [-0.05, 0) is 23.5 Å². The topological polar surface area (TPSA) is 97.0 Å². The van der Waals surface area contributed by atoms with Gasteiger partial charge >= 0.3 is 0 Å². The molecule has 25 heavy (non-hydrogen) atoms. The molecular weight excluding hydrogens is 316 g/mol. The number of nitrogens with zero attached hydrogens (tertiary/aromatic N) is 2. The van der Waals surface area contributed by atoms with Gasteiger partial charge < -0.3 is 20.2 Å². The summed E-state index contributed by atoms with van der Waals surface area (Å²) in [6, 6.07) is 10.6. The van der Waals surface area contributed by atoms with Crippen molar-refractivity contribution in [2.45, 2.75) is 39.0 Å². The molecule has 0 amide bonds. The smallest absolute Gasteiger partial charge is 0.297 e. The van der Waals surface area contributed by atoms with Crippen molar-refractivity contribution in [1.29, 1.82) is 5.26 Å². The zero-order chi connectivity index (χ0) is 18.2. The Hall–Kier alpha value is -2.94. The fourth-order valence-electron chi connectivity index (χ4n) is 3.14. The Morgan fingerprint density at radius 1 is 1.36 bits per heavy atom. The SMILES string of the molecule is CCOc1nc2c([nH]1)[C@@H](c1ccccc1C(C)(C)C)C(C#N)=C(N)O2. The normalized spacial score (nSPS) is 16.8. The largest absolute Gasteiger partial charge is 0.465 e. The minimum Gasteiger partial charge on any atom is -0.465 e. The molecule has 1 aromatic carbocycles. The van der Waals surface area contributed by atoms with Gasteiger partial charge in [0.15, 0.2) is 0 Å². The first kappa shape index (κ1) is 16.9. The van der Waals surface area contributed by atoms with Gasteiger partial charge in [0.05, 0.1) is 18.2 Å². The van der Waals surface area contributed by atoms with E-state index in [0.717, 1.165) is 11.1 Å². The highest BCUT2D eigenvalue weighted by molar-refractivity contribution is 5.54. The zero-order valence-electron chi connectivity index (χ0n) is 14.9. The molecular formula is C19H22N4O2. The molecule has 0 fully saturated rings. The third kappa shape index (κ3) is 2.93. The Kier molecular flexibility index (Phi) is 4.17. The number of nitrogens with two attached hydrogens (primary N) is 1. The number of nitrogens with one attached hydrogen (secondary N) is 1. The third-order valence-corrected chi connectivity index (χ3v) is 4.21. The van der Waals surface area contributed by atoms with Gasteiger partial charge in [0.25, 0.3) is 6.01 Å². The summed E-state index contributed by atoms with van der Waals surface area (Å²) in [6.45, 7) is 8.78. The highest BCUT2D eigenvalue weighted by atomic mass is 16.5. The summed E-state index contributed by atoms with van der Waals surface area (Å²) in [7, 11) is 0. The minimum absolute atomic E-state index is 0.0817. The van der Waals surface area contributed by atoms with Crippen LogP contribution >= 0.6 is 0 Å². The summed E-state index contributed by atoms with van der Waals surface area (Å²) < 4.78 is 11.0. The van der Waals surface area contributed by atoms with Crippen LogP contribution in [0.1, 0.15) is 50.4 Å². The first-order chi connectivity index (χ1) is 11.9. The Labute approximate surface area is 147 Å². The Morgan fingerprint density at radius 2 is 2.08 bits per heavy atom. The Morgan fingerprint density at radius 3 is 2.72 bits per heavy atom. The van der Waals surface area contributed by atoms with Crippen LogP contribution in [0.15, 0.2) is 35.7 Å². The number of fused-ring (bicyclic) bond motifs is 1. The maximum Gasteiger partial charge on any atom is 0.297 e. The molecule has 3 N–H and O–H groups in total. The third-order valence-electron chi connectivity index (χ3n) is 4.21. The molecule has 0 unspecified atom stereocenters. The highest BCUT2D eigenvalue weighted by Gasteiger charge is 2.36. The monoisotopic (exact) mass is 338 g/mol. The molecule has 6 nitrogen and oxygen atoms in total. The van der Waals surface area contributed by atoms with E-state index in [9.17, 15) is 5.26 Å². The van der Waals surface area contributed by atoms with Crippen LogP contribution < -0.4 is 15.2 Å². The van der Waals surface area contributed by atoms with Crippen molar-refractivity contribution in [1.82, 2.24) is 9.97 Å². The van der Waals surface area contributed by atoms with E-state index in [1.54, 1.807) is 0 Å². The summed E-state index contributed by atoms with van der Waals surface area (Å²) in [5.74, 6) is 0.0674. The van der Waals surface area contributed by atoms with Crippen molar-refractivity contribution in [2.75, 3.05) is 6.61 Å². The molecule has 0 spiro atoms. The van der Waals surface area contributed by atoms with Crippen molar-refractivity contribution < 1.29 is 9.47 Å². The maximum atomic E-state index is 9.69. The maximum absolute atomic E-state index is 9.69. The number of imidazole rings is 1. The predicted molar refractivity (Wildman–Crippen MR) is 94.2 cm³/mol. The molecule has 1 aromatic heterocycles. The minimum atomic E-state index is -0.370. The zero-order valence-corrected chi connectivity index (χ0v) is 14.9. The van der Waals surface area contributed by atoms with E-state index >= 15 is 0 Å². The van der Waals surface area contributed by atoms with E-state index in [2.05, 4.69) is 42.9 Å². The number of H-pyrrole nitrogens is 1. The van der Waals surface area contributed by atoms with Gasteiger partial charge in [-0.1, -0.05) is 45.0 Å². The first-order valence-electron chi connectivity index (χ1n) is 8.26. The summed E-state index contributed by atoms with van der Waals surface area (Å²) in [5, 5.41) is 9.69. The number of aromatic nitrogens is 2. The second kappa shape index (κ2) is 6.17. The van der Waals surface area contributed by atoms with Gasteiger partial charge in [0, 0.05) is 0 Å². The molecule has 0 aliphatic carbocycles. The second-order valence-corrected chi connectivity index (χ2v) is 6.96. The fourth-order valence-corrected chi connectivity index (χ4v) is 3.14. The molecule has 0 saturated heterocycles. The van der Waals surface area contributed by atoms with Crippen LogP contribution in [-0.4, -0.2) is 16.6 Å². The number of aromatic amines is 1. The molecule has 2 heterocycles. The Bertz CT molecular complexity index is 868. The van der Waals surface area contributed by atoms with Gasteiger partial charge in [-0.25, -0.2) is 0 Å².